The van der Waals surface area contributed by atoms with Gasteiger partial charge in [0.15, 0.2) is 5.75 Å². The highest BCUT2D eigenvalue weighted by molar-refractivity contribution is 5.99. The second-order valence-corrected chi connectivity index (χ2v) is 9.29. The van der Waals surface area contributed by atoms with Crippen molar-refractivity contribution in [2.45, 2.75) is 31.9 Å². The molecule has 0 saturated carbocycles. The van der Waals surface area contributed by atoms with E-state index in [1.807, 2.05) is 0 Å². The lowest BCUT2D eigenvalue weighted by Crippen LogP contribution is -2.41. The molecule has 0 bridgehead atoms. The van der Waals surface area contributed by atoms with E-state index in [1.165, 1.54) is 17.0 Å². The number of pyridine rings is 1. The normalized spacial score (nSPS) is 14.7. The number of halogens is 5. The number of benzene rings is 1. The summed E-state index contributed by atoms with van der Waals surface area (Å²) in [5, 5.41) is 6.30. The lowest BCUT2D eigenvalue weighted by atomic mass is 9.90. The summed E-state index contributed by atoms with van der Waals surface area (Å²) in [6.45, 7) is 2.20. The Balaban J connectivity index is 1.51. The van der Waals surface area contributed by atoms with Gasteiger partial charge in [-0.15, -0.1) is 0 Å². The van der Waals surface area contributed by atoms with Crippen molar-refractivity contribution in [1.82, 2.24) is 19.9 Å². The maximum Gasteiger partial charge on any atom is 0.433 e. The van der Waals surface area contributed by atoms with Crippen LogP contribution in [-0.2, 0) is 6.18 Å². The molecule has 1 aliphatic heterocycles. The number of hydrogen-bond acceptors (Lipinski definition) is 7. The first-order valence-electron chi connectivity index (χ1n) is 12.2. The monoisotopic (exact) mass is 563 g/mol. The van der Waals surface area contributed by atoms with E-state index in [0.29, 0.717) is 35.8 Å². The highest BCUT2D eigenvalue weighted by Crippen LogP contribution is 2.32. The number of alkyl halides is 3. The number of carbonyl (C=O) groups is 1. The van der Waals surface area contributed by atoms with Crippen LogP contribution in [-0.4, -0.2) is 58.8 Å². The van der Waals surface area contributed by atoms with E-state index in [1.54, 1.807) is 32.1 Å². The van der Waals surface area contributed by atoms with Gasteiger partial charge >= 0.3 is 12.2 Å². The van der Waals surface area contributed by atoms with Crippen molar-refractivity contribution >= 4 is 23.4 Å². The first-order valence-corrected chi connectivity index (χ1v) is 12.2. The number of para-hydroxylation sites is 1. The summed E-state index contributed by atoms with van der Waals surface area (Å²) in [4.78, 5) is 33.4. The summed E-state index contributed by atoms with van der Waals surface area (Å²) in [7, 11) is 3.55. The summed E-state index contributed by atoms with van der Waals surface area (Å²) in [5.74, 6) is -1.58. The molecular weight excluding hydrogens is 537 g/mol. The van der Waals surface area contributed by atoms with Gasteiger partial charge in [0.25, 0.3) is 0 Å². The number of oxime groups is 1. The van der Waals surface area contributed by atoms with Crippen LogP contribution in [0.3, 0.4) is 0 Å². The van der Waals surface area contributed by atoms with Gasteiger partial charge in [-0.05, 0) is 31.9 Å². The van der Waals surface area contributed by atoms with Crippen LogP contribution in [0.25, 0.3) is 0 Å². The fourth-order valence-corrected chi connectivity index (χ4v) is 4.14. The van der Waals surface area contributed by atoms with Crippen molar-refractivity contribution in [3.8, 4) is 5.75 Å². The third kappa shape index (κ3) is 6.61. The Morgan fingerprint density at radius 1 is 1.12 bits per heavy atom. The number of amides is 2. The molecule has 14 heteroatoms. The number of anilines is 2. The minimum atomic E-state index is -4.63. The highest BCUT2D eigenvalue weighted by Gasteiger charge is 2.33. The average molecular weight is 564 g/mol. The summed E-state index contributed by atoms with van der Waals surface area (Å²) < 4.78 is 66.9. The maximum atomic E-state index is 14.0. The van der Waals surface area contributed by atoms with E-state index >= 15 is 0 Å². The van der Waals surface area contributed by atoms with Crippen molar-refractivity contribution in [1.29, 1.82) is 0 Å². The van der Waals surface area contributed by atoms with Crippen LogP contribution < -0.4 is 15.1 Å². The highest BCUT2D eigenvalue weighted by atomic mass is 19.4. The molecule has 2 aromatic heterocycles. The molecule has 9 nitrogen and oxygen atoms in total. The van der Waals surface area contributed by atoms with E-state index in [9.17, 15) is 26.7 Å². The molecule has 3 aromatic rings. The van der Waals surface area contributed by atoms with Crippen LogP contribution >= 0.6 is 0 Å². The standard InChI is InChI=1S/C26H26F5N7O2/c1-15(36-40-17-7-10-32-21(13-17)26(29,30)31)18-14-33-24(37(2)3)34-22(18)16-8-11-38(12-9-16)25(39)35-23-19(27)5-4-6-20(23)28/h4-7,10,13-14,16H,8-9,11-12H2,1-3H3,(H,35,39)/b36-15+. The number of hydrogen-bond donors (Lipinski definition) is 1. The minimum absolute atomic E-state index is 0.131. The van der Waals surface area contributed by atoms with Crippen molar-refractivity contribution in [2.75, 3.05) is 37.4 Å². The smallest absolute Gasteiger partial charge is 0.357 e. The molecule has 4 rings (SSSR count). The van der Waals surface area contributed by atoms with Gasteiger partial charge in [0.2, 0.25) is 5.95 Å². The molecular formula is C26H26F5N7O2. The van der Waals surface area contributed by atoms with Gasteiger partial charge in [-0.25, -0.2) is 23.5 Å². The molecule has 212 valence electrons. The molecule has 3 heterocycles. The summed E-state index contributed by atoms with van der Waals surface area (Å²) >= 11 is 0. The van der Waals surface area contributed by atoms with Crippen molar-refractivity contribution in [2.24, 2.45) is 5.16 Å². The Labute approximate surface area is 226 Å². The zero-order valence-corrected chi connectivity index (χ0v) is 21.8. The molecule has 1 aromatic carbocycles. The Kier molecular flexibility index (Phi) is 8.45. The lowest BCUT2D eigenvalue weighted by Gasteiger charge is -2.32. The number of carbonyl (C=O) groups excluding carboxylic acids is 1. The van der Waals surface area contributed by atoms with Crippen LogP contribution in [0.15, 0.2) is 47.9 Å². The Morgan fingerprint density at radius 2 is 1.80 bits per heavy atom. The Bertz CT molecular complexity index is 1390. The van der Waals surface area contributed by atoms with Crippen LogP contribution in [0.4, 0.5) is 38.4 Å². The molecule has 1 saturated heterocycles. The molecule has 1 N–H and O–H groups in total. The molecule has 0 spiro atoms. The number of nitrogens with zero attached hydrogens (tertiary/aromatic N) is 6. The van der Waals surface area contributed by atoms with Crippen LogP contribution in [0.2, 0.25) is 0 Å². The summed E-state index contributed by atoms with van der Waals surface area (Å²) in [6.07, 6.45) is -1.12. The fraction of sp³-hybridized carbons (Fsp3) is 0.346. The largest absolute Gasteiger partial charge is 0.433 e. The predicted octanol–water partition coefficient (Wildman–Crippen LogP) is 5.45. The molecule has 1 fully saturated rings. The number of rotatable bonds is 6. The number of nitrogens with one attached hydrogen (secondary N) is 1. The van der Waals surface area contributed by atoms with Gasteiger partial charge in [-0.3, -0.25) is 4.98 Å². The zero-order valence-electron chi connectivity index (χ0n) is 21.8. The van der Waals surface area contributed by atoms with Gasteiger partial charge in [-0.2, -0.15) is 13.2 Å². The fourth-order valence-electron chi connectivity index (χ4n) is 4.14. The van der Waals surface area contributed by atoms with Gasteiger partial charge in [0, 0.05) is 63.2 Å². The van der Waals surface area contributed by atoms with E-state index in [-0.39, 0.29) is 24.8 Å². The van der Waals surface area contributed by atoms with Crippen LogP contribution in [0.1, 0.15) is 42.6 Å². The summed E-state index contributed by atoms with van der Waals surface area (Å²) in [5.41, 5.74) is -0.111. The third-order valence-electron chi connectivity index (χ3n) is 6.27. The number of piperidine rings is 1. The summed E-state index contributed by atoms with van der Waals surface area (Å²) in [6, 6.07) is 4.70. The second-order valence-electron chi connectivity index (χ2n) is 9.29. The third-order valence-corrected chi connectivity index (χ3v) is 6.27. The number of urea groups is 1. The lowest BCUT2D eigenvalue weighted by molar-refractivity contribution is -0.141. The Morgan fingerprint density at radius 3 is 2.42 bits per heavy atom. The maximum absolute atomic E-state index is 14.0. The molecule has 0 unspecified atom stereocenters. The van der Waals surface area contributed by atoms with Gasteiger partial charge in [-0.1, -0.05) is 11.2 Å². The minimum Gasteiger partial charge on any atom is -0.357 e. The van der Waals surface area contributed by atoms with E-state index in [0.717, 1.165) is 24.4 Å². The number of likely N-dealkylation sites (tertiary alicyclic amines) is 1. The quantitative estimate of drug-likeness (QED) is 0.244. The van der Waals surface area contributed by atoms with Crippen molar-refractivity contribution < 1.29 is 31.6 Å². The van der Waals surface area contributed by atoms with Crippen molar-refractivity contribution in [3.63, 3.8) is 0 Å². The Hall–Kier alpha value is -4.36. The van der Waals surface area contributed by atoms with E-state index in [2.05, 4.69) is 25.4 Å². The first-order chi connectivity index (χ1) is 18.9. The molecule has 2 amide bonds. The molecule has 0 atom stereocenters. The van der Waals surface area contributed by atoms with Gasteiger partial charge in [0.1, 0.15) is 23.0 Å². The van der Waals surface area contributed by atoms with Gasteiger partial charge in [0.05, 0.1) is 11.4 Å². The predicted molar refractivity (Wildman–Crippen MR) is 137 cm³/mol. The van der Waals surface area contributed by atoms with E-state index < -0.39 is 35.2 Å². The molecule has 1 aliphatic rings. The average Bonchev–Trinajstić information content (AvgIpc) is 2.93. The molecule has 40 heavy (non-hydrogen) atoms. The zero-order chi connectivity index (χ0) is 29.0. The molecule has 0 aliphatic carbocycles. The van der Waals surface area contributed by atoms with Crippen LogP contribution in [0.5, 0.6) is 5.75 Å². The SMILES string of the molecule is C/C(=N\Oc1ccnc(C(F)(F)F)c1)c1cnc(N(C)C)nc1C1CCN(C(=O)Nc2c(F)cccc2F)CC1. The number of aromatic nitrogens is 3. The van der Waals surface area contributed by atoms with Crippen molar-refractivity contribution in [3.05, 3.63) is 71.3 Å². The topological polar surface area (TPSA) is 95.8 Å². The van der Waals surface area contributed by atoms with Gasteiger partial charge < -0.3 is 20.0 Å². The molecule has 0 radical (unpaired) electrons. The van der Waals surface area contributed by atoms with Crippen LogP contribution in [0, 0.1) is 11.6 Å². The van der Waals surface area contributed by atoms with E-state index in [4.69, 9.17) is 4.84 Å². The first kappa shape index (κ1) is 28.6. The second kappa shape index (κ2) is 11.8.